The molecule has 0 fully saturated rings. The van der Waals surface area contributed by atoms with Crippen LogP contribution in [0.1, 0.15) is 28.3 Å². The summed E-state index contributed by atoms with van der Waals surface area (Å²) in [6.07, 6.45) is 4.24. The number of hydrogen-bond acceptors (Lipinski definition) is 3. The molecule has 0 aliphatic carbocycles. The van der Waals surface area contributed by atoms with E-state index < -0.39 is 5.97 Å². The highest BCUT2D eigenvalue weighted by Gasteiger charge is 2.07. The number of benzene rings is 1. The van der Waals surface area contributed by atoms with Crippen LogP contribution < -0.4 is 4.74 Å². The molecule has 0 aliphatic heterocycles. The van der Waals surface area contributed by atoms with E-state index in [9.17, 15) is 4.79 Å². The number of ether oxygens (including phenoxy) is 1. The van der Waals surface area contributed by atoms with Crippen LogP contribution in [0.25, 0.3) is 0 Å². The molecule has 1 heterocycles. The summed E-state index contributed by atoms with van der Waals surface area (Å²) in [7, 11) is 1.65. The minimum atomic E-state index is -1.03. The molecule has 0 atom stereocenters. The molecule has 0 aliphatic rings. The first-order valence-corrected chi connectivity index (χ1v) is 6.09. The summed E-state index contributed by atoms with van der Waals surface area (Å²) in [6.45, 7) is 0. The van der Waals surface area contributed by atoms with Crippen LogP contribution in [0.2, 0.25) is 0 Å². The van der Waals surface area contributed by atoms with Gasteiger partial charge in [0.15, 0.2) is 0 Å². The predicted molar refractivity (Wildman–Crippen MR) is 70.6 cm³/mol. The fourth-order valence-electron chi connectivity index (χ4n) is 1.87. The van der Waals surface area contributed by atoms with Gasteiger partial charge < -0.3 is 14.8 Å². The van der Waals surface area contributed by atoms with E-state index in [-0.39, 0.29) is 5.82 Å². The van der Waals surface area contributed by atoms with Crippen molar-refractivity contribution < 1.29 is 14.6 Å². The largest absolute Gasteiger partial charge is 0.497 e. The second kappa shape index (κ2) is 6.04. The normalized spacial score (nSPS) is 10.4. The molecule has 0 spiro atoms. The maximum atomic E-state index is 10.7. The van der Waals surface area contributed by atoms with Crippen LogP contribution >= 0.6 is 0 Å². The van der Waals surface area contributed by atoms with Crippen LogP contribution in [0, 0.1) is 0 Å². The number of carboxylic acids is 1. The third-order valence-corrected chi connectivity index (χ3v) is 2.90. The molecule has 0 unspecified atom stereocenters. The van der Waals surface area contributed by atoms with E-state index in [0.717, 1.165) is 30.7 Å². The molecule has 5 nitrogen and oxygen atoms in total. The van der Waals surface area contributed by atoms with E-state index in [2.05, 4.69) is 9.97 Å². The van der Waals surface area contributed by atoms with Crippen molar-refractivity contribution in [2.75, 3.05) is 7.11 Å². The van der Waals surface area contributed by atoms with E-state index in [0.29, 0.717) is 0 Å². The van der Waals surface area contributed by atoms with Gasteiger partial charge >= 0.3 is 5.97 Å². The molecule has 100 valence electrons. The summed E-state index contributed by atoms with van der Waals surface area (Å²) in [6, 6.07) is 7.95. The molecule has 2 rings (SSSR count). The van der Waals surface area contributed by atoms with E-state index >= 15 is 0 Å². The number of carboxylic acid groups (broad SMARTS) is 1. The summed E-state index contributed by atoms with van der Waals surface area (Å²) >= 11 is 0. The van der Waals surface area contributed by atoms with Gasteiger partial charge in [0.05, 0.1) is 7.11 Å². The van der Waals surface area contributed by atoms with Crippen molar-refractivity contribution in [3.05, 3.63) is 47.5 Å². The lowest BCUT2D eigenvalue weighted by Gasteiger charge is -2.03. The average molecular weight is 260 g/mol. The van der Waals surface area contributed by atoms with Crippen LogP contribution in [0.3, 0.4) is 0 Å². The fraction of sp³-hybridized carbons (Fsp3) is 0.286. The van der Waals surface area contributed by atoms with E-state index in [1.54, 1.807) is 13.3 Å². The fourth-order valence-corrected chi connectivity index (χ4v) is 1.87. The lowest BCUT2D eigenvalue weighted by atomic mass is 10.1. The van der Waals surface area contributed by atoms with Crippen molar-refractivity contribution in [1.29, 1.82) is 0 Å². The Morgan fingerprint density at radius 3 is 2.63 bits per heavy atom. The molecule has 0 amide bonds. The Balaban J connectivity index is 1.83. The number of nitrogens with zero attached hydrogens (tertiary/aromatic N) is 1. The molecule has 2 N–H and O–H groups in total. The van der Waals surface area contributed by atoms with Gasteiger partial charge in [0.2, 0.25) is 5.82 Å². The zero-order chi connectivity index (χ0) is 13.7. The summed E-state index contributed by atoms with van der Waals surface area (Å²) in [5.41, 5.74) is 2.09. The first-order valence-electron chi connectivity index (χ1n) is 6.09. The Bertz CT molecular complexity index is 546. The number of carbonyl (C=O) groups is 1. The minimum Gasteiger partial charge on any atom is -0.497 e. The number of aromatic nitrogens is 2. The summed E-state index contributed by atoms with van der Waals surface area (Å²) in [5.74, 6) is -0.177. The van der Waals surface area contributed by atoms with Gasteiger partial charge in [-0.3, -0.25) is 0 Å². The molecule has 0 saturated heterocycles. The zero-order valence-corrected chi connectivity index (χ0v) is 10.7. The van der Waals surface area contributed by atoms with Crippen molar-refractivity contribution in [2.45, 2.75) is 19.3 Å². The van der Waals surface area contributed by atoms with Crippen molar-refractivity contribution in [2.24, 2.45) is 0 Å². The van der Waals surface area contributed by atoms with Gasteiger partial charge in [-0.2, -0.15) is 0 Å². The molecule has 5 heteroatoms. The van der Waals surface area contributed by atoms with Crippen molar-refractivity contribution in [3.63, 3.8) is 0 Å². The van der Waals surface area contributed by atoms with Crippen molar-refractivity contribution in [1.82, 2.24) is 9.97 Å². The Hall–Kier alpha value is -2.30. The molecular formula is C14H16N2O3. The van der Waals surface area contributed by atoms with Gasteiger partial charge in [0.1, 0.15) is 5.75 Å². The van der Waals surface area contributed by atoms with Crippen molar-refractivity contribution in [3.8, 4) is 5.75 Å². The molecule has 0 saturated carbocycles. The number of aromatic amines is 1. The zero-order valence-electron chi connectivity index (χ0n) is 10.7. The van der Waals surface area contributed by atoms with Crippen LogP contribution in [-0.2, 0) is 12.8 Å². The van der Waals surface area contributed by atoms with E-state index in [1.807, 2.05) is 24.3 Å². The lowest BCUT2D eigenvalue weighted by Crippen LogP contribution is -1.99. The van der Waals surface area contributed by atoms with Gasteiger partial charge in [0, 0.05) is 11.9 Å². The lowest BCUT2D eigenvalue weighted by molar-refractivity contribution is 0.0684. The number of methoxy groups -OCH3 is 1. The first-order chi connectivity index (χ1) is 9.19. The minimum absolute atomic E-state index is 0.000512. The standard InChI is InChI=1S/C14H16N2O3/c1-19-12-7-5-10(6-8-12)3-2-4-11-9-15-13(16-11)14(17)18/h5-9H,2-4H2,1H3,(H,15,16)(H,17,18). The van der Waals surface area contributed by atoms with Gasteiger partial charge in [-0.1, -0.05) is 12.1 Å². The molecule has 2 aromatic rings. The van der Waals surface area contributed by atoms with E-state index in [1.165, 1.54) is 5.56 Å². The van der Waals surface area contributed by atoms with Gasteiger partial charge in [-0.25, -0.2) is 9.78 Å². The Morgan fingerprint density at radius 2 is 2.05 bits per heavy atom. The molecule has 1 aromatic carbocycles. The molecular weight excluding hydrogens is 244 g/mol. The van der Waals surface area contributed by atoms with Crippen LogP contribution in [0.5, 0.6) is 5.75 Å². The SMILES string of the molecule is COc1ccc(CCCc2cnc(C(=O)O)[nH]2)cc1. The van der Waals surface area contributed by atoms with Gasteiger partial charge in [-0.15, -0.1) is 0 Å². The smallest absolute Gasteiger partial charge is 0.371 e. The highest BCUT2D eigenvalue weighted by Crippen LogP contribution is 2.13. The maximum absolute atomic E-state index is 10.7. The summed E-state index contributed by atoms with van der Waals surface area (Å²) in [4.78, 5) is 17.2. The number of rotatable bonds is 6. The van der Waals surface area contributed by atoms with Gasteiger partial charge in [0.25, 0.3) is 0 Å². The molecule has 19 heavy (non-hydrogen) atoms. The monoisotopic (exact) mass is 260 g/mol. The van der Waals surface area contributed by atoms with Crippen LogP contribution in [0.4, 0.5) is 0 Å². The second-order valence-electron chi connectivity index (χ2n) is 4.26. The second-order valence-corrected chi connectivity index (χ2v) is 4.26. The van der Waals surface area contributed by atoms with Gasteiger partial charge in [-0.05, 0) is 37.0 Å². The number of nitrogens with one attached hydrogen (secondary N) is 1. The number of aromatic carboxylic acids is 1. The highest BCUT2D eigenvalue weighted by molar-refractivity contribution is 5.83. The Labute approximate surface area is 111 Å². The topological polar surface area (TPSA) is 75.2 Å². The first kappa shape index (κ1) is 13.1. The Kier molecular flexibility index (Phi) is 4.18. The number of imidazole rings is 1. The van der Waals surface area contributed by atoms with Crippen molar-refractivity contribution >= 4 is 5.97 Å². The highest BCUT2D eigenvalue weighted by atomic mass is 16.5. The third-order valence-electron chi connectivity index (χ3n) is 2.90. The molecule has 0 radical (unpaired) electrons. The predicted octanol–water partition coefficient (Wildman–Crippen LogP) is 2.29. The van der Waals surface area contributed by atoms with Crippen LogP contribution in [-0.4, -0.2) is 28.2 Å². The number of aryl methyl sites for hydroxylation is 2. The molecule has 1 aromatic heterocycles. The average Bonchev–Trinajstić information content (AvgIpc) is 2.89. The number of H-pyrrole nitrogens is 1. The summed E-state index contributed by atoms with van der Waals surface area (Å²) in [5, 5.41) is 8.75. The Morgan fingerprint density at radius 1 is 1.32 bits per heavy atom. The number of hydrogen-bond donors (Lipinski definition) is 2. The van der Waals surface area contributed by atoms with E-state index in [4.69, 9.17) is 9.84 Å². The van der Waals surface area contributed by atoms with Crippen LogP contribution in [0.15, 0.2) is 30.5 Å². The summed E-state index contributed by atoms with van der Waals surface area (Å²) < 4.78 is 5.10. The quantitative estimate of drug-likeness (QED) is 0.835. The molecule has 0 bridgehead atoms. The third kappa shape index (κ3) is 3.58. The maximum Gasteiger partial charge on any atom is 0.371 e.